The number of carbonyl (C=O) groups is 1. The van der Waals surface area contributed by atoms with Crippen LogP contribution in [0.2, 0.25) is 0 Å². The summed E-state index contributed by atoms with van der Waals surface area (Å²) >= 11 is 0. The van der Waals surface area contributed by atoms with Gasteiger partial charge in [-0.2, -0.15) is 13.2 Å². The van der Waals surface area contributed by atoms with Crippen LogP contribution in [-0.2, 0) is 6.18 Å². The third kappa shape index (κ3) is 6.84. The number of fused-ring (bicyclic) bond motifs is 1. The maximum Gasteiger partial charge on any atom is 0.416 e. The number of pyridine rings is 3. The molecule has 4 aromatic heterocycles. The average Bonchev–Trinajstić information content (AvgIpc) is 3.01. The van der Waals surface area contributed by atoms with Gasteiger partial charge in [0.15, 0.2) is 0 Å². The lowest BCUT2D eigenvalue weighted by Gasteiger charge is -2.32. The van der Waals surface area contributed by atoms with E-state index in [1.54, 1.807) is 12.3 Å². The summed E-state index contributed by atoms with van der Waals surface area (Å²) < 4.78 is 39.3. The first-order valence-electron chi connectivity index (χ1n) is 14.6. The first kappa shape index (κ1) is 29.9. The number of carbonyl (C=O) groups excluding carboxylic acids is 1. The van der Waals surface area contributed by atoms with E-state index in [1.807, 2.05) is 62.1 Å². The van der Waals surface area contributed by atoms with Crippen LogP contribution < -0.4 is 10.6 Å². The molecule has 12 heteroatoms. The van der Waals surface area contributed by atoms with Gasteiger partial charge in [-0.3, -0.25) is 4.79 Å². The minimum Gasteiger partial charge on any atom is -0.367 e. The van der Waals surface area contributed by atoms with E-state index >= 15 is 0 Å². The third-order valence-corrected chi connectivity index (χ3v) is 7.83. The number of nitrogens with zero attached hydrogens (tertiary/aromatic N) is 6. The summed E-state index contributed by atoms with van der Waals surface area (Å²) in [4.78, 5) is 37.4. The molecule has 0 unspecified atom stereocenters. The van der Waals surface area contributed by atoms with Crippen molar-refractivity contribution in [3.05, 3.63) is 95.1 Å². The van der Waals surface area contributed by atoms with Crippen molar-refractivity contribution >= 4 is 34.4 Å². The van der Waals surface area contributed by atoms with E-state index in [0.717, 1.165) is 64.7 Å². The highest BCUT2D eigenvalue weighted by Crippen LogP contribution is 2.31. The Balaban J connectivity index is 1.07. The lowest BCUT2D eigenvalue weighted by Crippen LogP contribution is -2.42. The molecule has 45 heavy (non-hydrogen) atoms. The normalized spacial score (nSPS) is 14.0. The van der Waals surface area contributed by atoms with Gasteiger partial charge in [-0.05, 0) is 93.8 Å². The van der Waals surface area contributed by atoms with Crippen LogP contribution >= 0.6 is 0 Å². The molecule has 0 saturated carbocycles. The number of nitrogens with one attached hydrogen (secondary N) is 2. The monoisotopic (exact) mass is 612 g/mol. The number of benzene rings is 1. The Kier molecular flexibility index (Phi) is 8.05. The van der Waals surface area contributed by atoms with Crippen LogP contribution in [0.5, 0.6) is 0 Å². The van der Waals surface area contributed by atoms with Crippen LogP contribution in [-0.4, -0.2) is 54.9 Å². The molecule has 6 rings (SSSR count). The van der Waals surface area contributed by atoms with Crippen LogP contribution in [0.4, 0.5) is 30.6 Å². The number of piperidine rings is 1. The summed E-state index contributed by atoms with van der Waals surface area (Å²) in [5.41, 5.74) is 5.30. The number of amides is 1. The molecule has 1 saturated heterocycles. The summed E-state index contributed by atoms with van der Waals surface area (Å²) in [5.74, 6) is 1.13. The zero-order valence-electron chi connectivity index (χ0n) is 25.0. The van der Waals surface area contributed by atoms with Crippen LogP contribution in [0.15, 0.2) is 67.0 Å². The van der Waals surface area contributed by atoms with Crippen molar-refractivity contribution in [2.24, 2.45) is 0 Å². The molecule has 2 N–H and O–H groups in total. The van der Waals surface area contributed by atoms with Gasteiger partial charge >= 0.3 is 6.18 Å². The molecule has 0 bridgehead atoms. The molecule has 1 aliphatic rings. The smallest absolute Gasteiger partial charge is 0.367 e. The van der Waals surface area contributed by atoms with Gasteiger partial charge in [0.2, 0.25) is 0 Å². The number of aromatic nitrogens is 5. The molecular formula is C33H31F3N8O. The largest absolute Gasteiger partial charge is 0.416 e. The Morgan fingerprint density at radius 2 is 1.58 bits per heavy atom. The predicted molar refractivity (Wildman–Crippen MR) is 166 cm³/mol. The fourth-order valence-electron chi connectivity index (χ4n) is 5.30. The van der Waals surface area contributed by atoms with Crippen molar-refractivity contribution in [2.45, 2.75) is 45.8 Å². The molecule has 230 valence electrons. The number of aryl methyl sites for hydroxylation is 3. The molecule has 1 aromatic carbocycles. The average molecular weight is 613 g/mol. The molecule has 5 aromatic rings. The second-order valence-corrected chi connectivity index (χ2v) is 11.2. The standard InChI is InChI=1S/C33H31F3N8O/c1-19-14-27(42-31(15-19)43-30-17-24(8-11-37-30)33(34,35)36)23-5-7-29(38-18-23)41-25-9-12-44(13-10-25)32(45)22-4-6-26-28(16-22)40-21(3)20(2)39-26/h4-8,11,14-18,25H,9-10,12-13H2,1-3H3,(H,38,41)(H,37,42,43). The van der Waals surface area contributed by atoms with E-state index in [0.29, 0.717) is 36.0 Å². The van der Waals surface area contributed by atoms with Gasteiger partial charge in [-0.25, -0.2) is 24.9 Å². The van der Waals surface area contributed by atoms with Gasteiger partial charge in [0, 0.05) is 42.7 Å². The molecular weight excluding hydrogens is 581 g/mol. The summed E-state index contributed by atoms with van der Waals surface area (Å²) in [7, 11) is 0. The third-order valence-electron chi connectivity index (χ3n) is 7.83. The van der Waals surface area contributed by atoms with Gasteiger partial charge in [-0.15, -0.1) is 0 Å². The first-order valence-corrected chi connectivity index (χ1v) is 14.6. The minimum atomic E-state index is -4.47. The lowest BCUT2D eigenvalue weighted by molar-refractivity contribution is -0.137. The van der Waals surface area contributed by atoms with Crippen LogP contribution in [0.1, 0.15) is 45.7 Å². The molecule has 1 aliphatic heterocycles. The highest BCUT2D eigenvalue weighted by atomic mass is 19.4. The van der Waals surface area contributed by atoms with E-state index in [1.165, 1.54) is 0 Å². The molecule has 0 radical (unpaired) electrons. The zero-order valence-corrected chi connectivity index (χ0v) is 25.0. The number of halogens is 3. The molecule has 0 atom stereocenters. The van der Waals surface area contributed by atoms with Crippen molar-refractivity contribution in [3.63, 3.8) is 0 Å². The lowest BCUT2D eigenvalue weighted by atomic mass is 10.0. The summed E-state index contributed by atoms with van der Waals surface area (Å²) in [6, 6.07) is 14.9. The van der Waals surface area contributed by atoms with Crippen molar-refractivity contribution in [2.75, 3.05) is 23.7 Å². The Hall–Kier alpha value is -5.13. The predicted octanol–water partition coefficient (Wildman–Crippen LogP) is 6.89. The molecule has 9 nitrogen and oxygen atoms in total. The number of rotatable bonds is 6. The second kappa shape index (κ2) is 12.1. The van der Waals surface area contributed by atoms with Gasteiger partial charge < -0.3 is 15.5 Å². The number of hydrogen-bond acceptors (Lipinski definition) is 8. The zero-order chi connectivity index (χ0) is 31.7. The summed E-state index contributed by atoms with van der Waals surface area (Å²) in [6.45, 7) is 6.96. The summed E-state index contributed by atoms with van der Waals surface area (Å²) in [6.07, 6.45) is -0.0905. The van der Waals surface area contributed by atoms with Crippen molar-refractivity contribution in [1.82, 2.24) is 29.8 Å². The molecule has 0 aliphatic carbocycles. The van der Waals surface area contributed by atoms with E-state index in [9.17, 15) is 18.0 Å². The number of alkyl halides is 3. The SMILES string of the molecule is Cc1cc(Nc2cc(C(F)(F)F)ccn2)nc(-c2ccc(NC3CCN(C(=O)c4ccc5nc(C)c(C)nc5c4)CC3)nc2)c1. The Morgan fingerprint density at radius 1 is 0.822 bits per heavy atom. The minimum absolute atomic E-state index is 0.0128. The van der Waals surface area contributed by atoms with E-state index < -0.39 is 11.7 Å². The topological polar surface area (TPSA) is 109 Å². The van der Waals surface area contributed by atoms with Crippen molar-refractivity contribution in [1.29, 1.82) is 0 Å². The fraction of sp³-hybridized carbons (Fsp3) is 0.273. The number of hydrogen-bond donors (Lipinski definition) is 2. The Morgan fingerprint density at radius 3 is 2.29 bits per heavy atom. The van der Waals surface area contributed by atoms with Crippen LogP contribution in [0, 0.1) is 20.8 Å². The van der Waals surface area contributed by atoms with E-state index in [4.69, 9.17) is 0 Å². The van der Waals surface area contributed by atoms with Gasteiger partial charge in [0.05, 0.1) is 33.7 Å². The van der Waals surface area contributed by atoms with E-state index in [2.05, 4.69) is 35.6 Å². The van der Waals surface area contributed by atoms with Crippen LogP contribution in [0.25, 0.3) is 22.3 Å². The van der Waals surface area contributed by atoms with E-state index in [-0.39, 0.29) is 17.8 Å². The highest BCUT2D eigenvalue weighted by molar-refractivity contribution is 5.97. The van der Waals surface area contributed by atoms with Gasteiger partial charge in [0.25, 0.3) is 5.91 Å². The maximum atomic E-state index is 13.2. The maximum absolute atomic E-state index is 13.2. The Labute approximate surface area is 258 Å². The van der Waals surface area contributed by atoms with Crippen molar-refractivity contribution < 1.29 is 18.0 Å². The van der Waals surface area contributed by atoms with Crippen LogP contribution in [0.3, 0.4) is 0 Å². The van der Waals surface area contributed by atoms with Gasteiger partial charge in [0.1, 0.15) is 17.5 Å². The Bertz CT molecular complexity index is 1870. The number of likely N-dealkylation sites (tertiary alicyclic amines) is 1. The molecule has 1 fully saturated rings. The molecule has 0 spiro atoms. The van der Waals surface area contributed by atoms with Gasteiger partial charge in [-0.1, -0.05) is 0 Å². The first-order chi connectivity index (χ1) is 21.5. The van der Waals surface area contributed by atoms with Crippen molar-refractivity contribution in [3.8, 4) is 11.3 Å². The summed E-state index contributed by atoms with van der Waals surface area (Å²) in [5, 5.41) is 6.34. The fourth-order valence-corrected chi connectivity index (χ4v) is 5.30. The molecule has 1 amide bonds. The number of anilines is 3. The quantitative estimate of drug-likeness (QED) is 0.214. The second-order valence-electron chi connectivity index (χ2n) is 11.2. The highest BCUT2D eigenvalue weighted by Gasteiger charge is 2.31. The molecule has 5 heterocycles.